The minimum Gasteiger partial charge on any atom is -0.470 e. The Morgan fingerprint density at radius 1 is 1.23 bits per heavy atom. The fraction of sp³-hybridized carbons (Fsp3) is 0.333. The molecule has 0 amide bonds. The number of aromatic amines is 1. The number of aliphatic hydroxyl groups is 1. The average Bonchev–Trinajstić information content (AvgIpc) is 3.43. The lowest BCUT2D eigenvalue weighted by Crippen LogP contribution is -2.34. The molecule has 8 nitrogen and oxygen atoms in total. The van der Waals surface area contributed by atoms with Crippen LogP contribution in [0, 0.1) is 23.0 Å². The van der Waals surface area contributed by atoms with Gasteiger partial charge in [-0.15, -0.1) is 0 Å². The molecule has 0 saturated carbocycles. The third kappa shape index (κ3) is 3.57. The number of aliphatic hydroxyl groups excluding tert-OH is 1. The molecule has 2 aliphatic heterocycles. The number of benzene rings is 1. The summed E-state index contributed by atoms with van der Waals surface area (Å²) in [5.41, 5.74) is 1.15. The van der Waals surface area contributed by atoms with Gasteiger partial charge in [0.15, 0.2) is 12.0 Å². The van der Waals surface area contributed by atoms with Crippen molar-refractivity contribution in [2.45, 2.75) is 31.0 Å². The van der Waals surface area contributed by atoms with E-state index in [0.29, 0.717) is 16.9 Å². The van der Waals surface area contributed by atoms with Gasteiger partial charge in [0.2, 0.25) is 0 Å². The molecule has 4 atom stereocenters. The summed E-state index contributed by atoms with van der Waals surface area (Å²) in [5.74, 6) is -0.751. The number of aromatic nitrogens is 2. The zero-order valence-corrected chi connectivity index (χ0v) is 16.1. The van der Waals surface area contributed by atoms with Gasteiger partial charge in [-0.05, 0) is 18.2 Å². The number of anilines is 1. The lowest BCUT2D eigenvalue weighted by Gasteiger charge is -2.16. The van der Waals surface area contributed by atoms with Crippen LogP contribution in [0.2, 0.25) is 0 Å². The third-order valence-electron chi connectivity index (χ3n) is 5.45. The van der Waals surface area contributed by atoms with Crippen molar-refractivity contribution in [3.8, 4) is 11.9 Å². The summed E-state index contributed by atoms with van der Waals surface area (Å²) in [4.78, 5) is 7.45. The summed E-state index contributed by atoms with van der Waals surface area (Å²) >= 11 is 0. The largest absolute Gasteiger partial charge is 0.470 e. The molecule has 4 heterocycles. The second-order valence-corrected chi connectivity index (χ2v) is 7.44. The van der Waals surface area contributed by atoms with Gasteiger partial charge in [-0.3, -0.25) is 0 Å². The lowest BCUT2D eigenvalue weighted by atomic mass is 10.1. The molecule has 2 fully saturated rings. The first kappa shape index (κ1) is 19.7. The SMILES string of the molecule is N#Cc1cc2[nH]c(O[C@@H]3CO[C@H]4[C@@H]3OC[C@H]4O)cc2nc1NCc1c(F)cccc1F. The highest BCUT2D eigenvalue weighted by atomic mass is 19.1. The molecule has 1 aromatic carbocycles. The minimum atomic E-state index is -0.680. The average molecular weight is 428 g/mol. The molecule has 0 unspecified atom stereocenters. The Kier molecular flexibility index (Phi) is 4.94. The van der Waals surface area contributed by atoms with E-state index in [-0.39, 0.29) is 42.8 Å². The van der Waals surface area contributed by atoms with Crippen LogP contribution in [0.25, 0.3) is 11.0 Å². The topological polar surface area (TPSA) is 112 Å². The highest BCUT2D eigenvalue weighted by Gasteiger charge is 2.48. The molecule has 160 valence electrons. The Morgan fingerprint density at radius 2 is 2.00 bits per heavy atom. The van der Waals surface area contributed by atoms with Crippen LogP contribution >= 0.6 is 0 Å². The van der Waals surface area contributed by atoms with Crippen molar-refractivity contribution in [1.82, 2.24) is 9.97 Å². The van der Waals surface area contributed by atoms with Gasteiger partial charge in [0, 0.05) is 18.2 Å². The molecule has 2 saturated heterocycles. The van der Waals surface area contributed by atoms with Gasteiger partial charge in [0.05, 0.1) is 29.8 Å². The van der Waals surface area contributed by atoms with Crippen molar-refractivity contribution < 1.29 is 28.1 Å². The molecule has 2 aliphatic rings. The number of fused-ring (bicyclic) bond motifs is 2. The summed E-state index contributed by atoms with van der Waals surface area (Å²) in [7, 11) is 0. The van der Waals surface area contributed by atoms with Crippen LogP contribution < -0.4 is 10.1 Å². The van der Waals surface area contributed by atoms with Crippen LogP contribution in [0.5, 0.6) is 5.88 Å². The lowest BCUT2D eigenvalue weighted by molar-refractivity contribution is 0.00794. The number of pyridine rings is 1. The molecule has 31 heavy (non-hydrogen) atoms. The summed E-state index contributed by atoms with van der Waals surface area (Å²) in [6.07, 6.45) is -1.84. The molecule has 3 N–H and O–H groups in total. The molecule has 5 rings (SSSR count). The van der Waals surface area contributed by atoms with Crippen molar-refractivity contribution in [1.29, 1.82) is 5.26 Å². The van der Waals surface area contributed by atoms with Crippen LogP contribution in [0.15, 0.2) is 30.3 Å². The maximum absolute atomic E-state index is 13.9. The molecule has 2 aromatic heterocycles. The predicted molar refractivity (Wildman–Crippen MR) is 104 cm³/mol. The molecule has 3 aromatic rings. The summed E-state index contributed by atoms with van der Waals surface area (Å²) in [6, 6.07) is 8.89. The fourth-order valence-corrected chi connectivity index (χ4v) is 3.90. The Bertz CT molecular complexity index is 1160. The molecule has 0 radical (unpaired) electrons. The molecular weight excluding hydrogens is 410 g/mol. The van der Waals surface area contributed by atoms with Crippen molar-refractivity contribution in [3.63, 3.8) is 0 Å². The maximum Gasteiger partial charge on any atom is 0.193 e. The summed E-state index contributed by atoms with van der Waals surface area (Å²) in [6.45, 7) is 0.313. The van der Waals surface area contributed by atoms with Crippen LogP contribution in [-0.4, -0.2) is 52.7 Å². The van der Waals surface area contributed by atoms with Crippen molar-refractivity contribution in [2.24, 2.45) is 0 Å². The number of halogens is 2. The smallest absolute Gasteiger partial charge is 0.193 e. The Hall–Kier alpha value is -3.26. The highest BCUT2D eigenvalue weighted by molar-refractivity contribution is 5.81. The van der Waals surface area contributed by atoms with E-state index in [9.17, 15) is 19.1 Å². The first-order valence-electron chi connectivity index (χ1n) is 9.72. The standard InChI is InChI=1S/C21H18F2N4O4/c22-12-2-1-3-13(23)11(12)7-25-21-10(6-24)4-14-15(27-21)5-18(26-14)31-17-9-30-19-16(28)8-29-20(17)19/h1-5,16-17,19-20,26,28H,7-9H2,(H,25,27)/t16-,17-,19-,20-/m1/s1. The van der Waals surface area contributed by atoms with Gasteiger partial charge in [0.1, 0.15) is 41.8 Å². The number of rotatable bonds is 5. The zero-order valence-electron chi connectivity index (χ0n) is 16.1. The number of nitrogens with one attached hydrogen (secondary N) is 2. The monoisotopic (exact) mass is 428 g/mol. The second kappa shape index (κ2) is 7.77. The van der Waals surface area contributed by atoms with E-state index in [1.165, 1.54) is 18.2 Å². The summed E-state index contributed by atoms with van der Waals surface area (Å²) < 4.78 is 44.8. The maximum atomic E-state index is 13.9. The van der Waals surface area contributed by atoms with Gasteiger partial charge in [-0.1, -0.05) is 6.07 Å². The highest BCUT2D eigenvalue weighted by Crippen LogP contribution is 2.31. The van der Waals surface area contributed by atoms with Crippen LogP contribution in [0.4, 0.5) is 14.6 Å². The number of hydrogen-bond acceptors (Lipinski definition) is 7. The predicted octanol–water partition coefficient (Wildman–Crippen LogP) is 2.23. The quantitative estimate of drug-likeness (QED) is 0.571. The van der Waals surface area contributed by atoms with Crippen molar-refractivity contribution >= 4 is 16.9 Å². The molecule has 10 heteroatoms. The molecule has 0 bridgehead atoms. The van der Waals surface area contributed by atoms with Gasteiger partial charge in [-0.2, -0.15) is 5.26 Å². The van der Waals surface area contributed by atoms with Crippen LogP contribution in [-0.2, 0) is 16.0 Å². The minimum absolute atomic E-state index is 0.138. The molecular formula is C21H18F2N4O4. The van der Waals surface area contributed by atoms with Crippen molar-refractivity contribution in [3.05, 3.63) is 53.1 Å². The normalized spacial score (nSPS) is 24.8. The van der Waals surface area contributed by atoms with Gasteiger partial charge < -0.3 is 29.6 Å². The van der Waals surface area contributed by atoms with Crippen LogP contribution in [0.1, 0.15) is 11.1 Å². The number of nitriles is 1. The van der Waals surface area contributed by atoms with E-state index >= 15 is 0 Å². The van der Waals surface area contributed by atoms with E-state index < -0.39 is 29.9 Å². The van der Waals surface area contributed by atoms with Gasteiger partial charge in [-0.25, -0.2) is 13.8 Å². The van der Waals surface area contributed by atoms with E-state index in [2.05, 4.69) is 15.3 Å². The number of hydrogen-bond donors (Lipinski definition) is 3. The Balaban J connectivity index is 1.37. The third-order valence-corrected chi connectivity index (χ3v) is 5.45. The van der Waals surface area contributed by atoms with Gasteiger partial charge >= 0.3 is 0 Å². The van der Waals surface area contributed by atoms with E-state index in [1.807, 2.05) is 6.07 Å². The van der Waals surface area contributed by atoms with E-state index in [1.54, 1.807) is 12.1 Å². The van der Waals surface area contributed by atoms with Gasteiger partial charge in [0.25, 0.3) is 0 Å². The molecule has 0 spiro atoms. The van der Waals surface area contributed by atoms with E-state index in [4.69, 9.17) is 14.2 Å². The first-order chi connectivity index (χ1) is 15.0. The number of H-pyrrole nitrogens is 1. The Morgan fingerprint density at radius 3 is 2.77 bits per heavy atom. The van der Waals surface area contributed by atoms with Crippen LogP contribution in [0.3, 0.4) is 0 Å². The van der Waals surface area contributed by atoms with E-state index in [0.717, 1.165) is 0 Å². The zero-order chi connectivity index (χ0) is 21.5. The number of nitrogens with zero attached hydrogens (tertiary/aromatic N) is 2. The fourth-order valence-electron chi connectivity index (χ4n) is 3.90. The van der Waals surface area contributed by atoms with Crippen molar-refractivity contribution in [2.75, 3.05) is 18.5 Å². The first-order valence-corrected chi connectivity index (χ1v) is 9.72. The molecule has 0 aliphatic carbocycles. The second-order valence-electron chi connectivity index (χ2n) is 7.44. The summed E-state index contributed by atoms with van der Waals surface area (Å²) in [5, 5.41) is 22.1. The number of ether oxygens (including phenoxy) is 3. The Labute approximate surface area is 175 Å².